The van der Waals surface area contributed by atoms with Gasteiger partial charge in [-0.1, -0.05) is 12.8 Å². The Labute approximate surface area is 103 Å². The average Bonchev–Trinajstić information content (AvgIpc) is 2.90. The highest BCUT2D eigenvalue weighted by Crippen LogP contribution is 2.26. The molecule has 1 saturated carbocycles. The number of hydrogen-bond acceptors (Lipinski definition) is 3. The van der Waals surface area contributed by atoms with Gasteiger partial charge in [0.25, 0.3) is 0 Å². The van der Waals surface area contributed by atoms with Crippen LogP contribution in [-0.4, -0.2) is 48.3 Å². The molecule has 98 valence electrons. The zero-order valence-electron chi connectivity index (χ0n) is 10.4. The van der Waals surface area contributed by atoms with Gasteiger partial charge in [-0.25, -0.2) is 0 Å². The molecule has 17 heavy (non-hydrogen) atoms. The highest BCUT2D eigenvalue weighted by atomic mass is 16.5. The first kappa shape index (κ1) is 12.8. The van der Waals surface area contributed by atoms with Crippen LogP contribution in [0.5, 0.6) is 0 Å². The van der Waals surface area contributed by atoms with Crippen molar-refractivity contribution in [3.63, 3.8) is 0 Å². The summed E-state index contributed by atoms with van der Waals surface area (Å²) in [5.74, 6) is 0.224. The first-order valence-corrected chi connectivity index (χ1v) is 6.82. The molecule has 1 heterocycles. The molecule has 0 aromatic rings. The fourth-order valence-corrected chi connectivity index (χ4v) is 2.97. The van der Waals surface area contributed by atoms with Crippen molar-refractivity contribution < 1.29 is 14.6 Å². The molecule has 1 aliphatic carbocycles. The van der Waals surface area contributed by atoms with Crippen LogP contribution in [0.1, 0.15) is 38.5 Å². The molecule has 0 aromatic heterocycles. The number of carbonyl (C=O) groups is 1. The number of rotatable bonds is 4. The van der Waals surface area contributed by atoms with Crippen LogP contribution in [0.15, 0.2) is 0 Å². The van der Waals surface area contributed by atoms with Crippen LogP contribution < -0.4 is 0 Å². The Hall–Kier alpha value is -0.610. The van der Waals surface area contributed by atoms with Gasteiger partial charge in [0.05, 0.1) is 19.1 Å². The maximum atomic E-state index is 12.4. The van der Waals surface area contributed by atoms with Crippen LogP contribution in [0.2, 0.25) is 0 Å². The number of amides is 1. The van der Waals surface area contributed by atoms with Crippen molar-refractivity contribution in [3.05, 3.63) is 0 Å². The highest BCUT2D eigenvalue weighted by molar-refractivity contribution is 5.79. The predicted octanol–water partition coefficient (Wildman–Crippen LogP) is 1.18. The van der Waals surface area contributed by atoms with Gasteiger partial charge in [0, 0.05) is 19.2 Å². The number of ether oxygens (including phenoxy) is 1. The van der Waals surface area contributed by atoms with Crippen LogP contribution in [0.25, 0.3) is 0 Å². The molecule has 1 atom stereocenters. The van der Waals surface area contributed by atoms with Gasteiger partial charge in [0.15, 0.2) is 0 Å². The van der Waals surface area contributed by atoms with Gasteiger partial charge in [-0.2, -0.15) is 0 Å². The van der Waals surface area contributed by atoms with E-state index in [4.69, 9.17) is 9.84 Å². The van der Waals surface area contributed by atoms with E-state index in [1.807, 2.05) is 4.90 Å². The summed E-state index contributed by atoms with van der Waals surface area (Å²) >= 11 is 0. The van der Waals surface area contributed by atoms with Crippen LogP contribution in [0.4, 0.5) is 0 Å². The fourth-order valence-electron chi connectivity index (χ4n) is 2.97. The Kier molecular flexibility index (Phi) is 4.80. The first-order chi connectivity index (χ1) is 8.33. The van der Waals surface area contributed by atoms with Gasteiger partial charge in [0.1, 0.15) is 0 Å². The molecule has 0 radical (unpaired) electrons. The van der Waals surface area contributed by atoms with Gasteiger partial charge < -0.3 is 14.7 Å². The van der Waals surface area contributed by atoms with E-state index in [0.717, 1.165) is 32.3 Å². The highest BCUT2D eigenvalue weighted by Gasteiger charge is 2.31. The Morgan fingerprint density at radius 3 is 2.59 bits per heavy atom. The van der Waals surface area contributed by atoms with E-state index in [0.29, 0.717) is 19.2 Å². The second-order valence-corrected chi connectivity index (χ2v) is 5.11. The minimum Gasteiger partial charge on any atom is -0.395 e. The van der Waals surface area contributed by atoms with Crippen molar-refractivity contribution in [1.82, 2.24) is 4.90 Å². The number of aliphatic hydroxyl groups is 1. The number of hydrogen-bond donors (Lipinski definition) is 1. The van der Waals surface area contributed by atoms with E-state index in [9.17, 15) is 4.79 Å². The lowest BCUT2D eigenvalue weighted by Crippen LogP contribution is -2.45. The van der Waals surface area contributed by atoms with Crippen molar-refractivity contribution in [3.8, 4) is 0 Å². The van der Waals surface area contributed by atoms with Crippen molar-refractivity contribution in [1.29, 1.82) is 0 Å². The van der Waals surface area contributed by atoms with Gasteiger partial charge in [0.2, 0.25) is 5.91 Å². The Balaban J connectivity index is 1.95. The summed E-state index contributed by atoms with van der Waals surface area (Å²) in [6.45, 7) is 1.90. The van der Waals surface area contributed by atoms with Crippen LogP contribution in [0.3, 0.4) is 0 Å². The molecule has 2 fully saturated rings. The third kappa shape index (κ3) is 3.19. The summed E-state index contributed by atoms with van der Waals surface area (Å²) in [4.78, 5) is 14.3. The average molecular weight is 241 g/mol. The predicted molar refractivity (Wildman–Crippen MR) is 64.6 cm³/mol. The standard InChI is InChI=1S/C13H23NO3/c15-8-7-14(12-5-1-2-6-12)13(16)11-4-3-9-17-10-11/h11-12,15H,1-10H2. The second-order valence-electron chi connectivity index (χ2n) is 5.11. The minimum absolute atomic E-state index is 0.0240. The molecule has 1 N–H and O–H groups in total. The van der Waals surface area contributed by atoms with Crippen molar-refractivity contribution in [2.75, 3.05) is 26.4 Å². The molecular formula is C13H23NO3. The van der Waals surface area contributed by atoms with E-state index >= 15 is 0 Å². The lowest BCUT2D eigenvalue weighted by Gasteiger charge is -2.33. The molecular weight excluding hydrogens is 218 g/mol. The summed E-state index contributed by atoms with van der Waals surface area (Å²) in [6.07, 6.45) is 6.53. The maximum absolute atomic E-state index is 12.4. The van der Waals surface area contributed by atoms with Crippen molar-refractivity contribution in [2.24, 2.45) is 5.92 Å². The Morgan fingerprint density at radius 2 is 2.00 bits per heavy atom. The molecule has 0 bridgehead atoms. The Morgan fingerprint density at radius 1 is 1.24 bits per heavy atom. The van der Waals surface area contributed by atoms with E-state index in [-0.39, 0.29) is 18.4 Å². The summed E-state index contributed by atoms with van der Waals surface area (Å²) < 4.78 is 5.38. The smallest absolute Gasteiger partial charge is 0.228 e. The number of carbonyl (C=O) groups excluding carboxylic acids is 1. The van der Waals surface area contributed by atoms with E-state index in [1.54, 1.807) is 0 Å². The first-order valence-electron chi connectivity index (χ1n) is 6.82. The zero-order chi connectivity index (χ0) is 12.1. The van der Waals surface area contributed by atoms with Gasteiger partial charge >= 0.3 is 0 Å². The number of nitrogens with zero attached hydrogens (tertiary/aromatic N) is 1. The van der Waals surface area contributed by atoms with Crippen molar-refractivity contribution in [2.45, 2.75) is 44.6 Å². The van der Waals surface area contributed by atoms with Crippen LogP contribution in [-0.2, 0) is 9.53 Å². The molecule has 2 aliphatic rings. The molecule has 2 rings (SSSR count). The quantitative estimate of drug-likeness (QED) is 0.804. The van der Waals surface area contributed by atoms with Gasteiger partial charge in [-0.3, -0.25) is 4.79 Å². The lowest BCUT2D eigenvalue weighted by molar-refractivity contribution is -0.142. The summed E-state index contributed by atoms with van der Waals surface area (Å²) in [7, 11) is 0. The summed E-state index contributed by atoms with van der Waals surface area (Å²) in [5.41, 5.74) is 0. The van der Waals surface area contributed by atoms with E-state index in [2.05, 4.69) is 0 Å². The molecule has 1 unspecified atom stereocenters. The van der Waals surface area contributed by atoms with Crippen LogP contribution in [0, 0.1) is 5.92 Å². The molecule has 4 nitrogen and oxygen atoms in total. The van der Waals surface area contributed by atoms with Gasteiger partial charge in [-0.15, -0.1) is 0 Å². The third-order valence-corrected chi connectivity index (χ3v) is 3.90. The lowest BCUT2D eigenvalue weighted by atomic mass is 9.99. The van der Waals surface area contributed by atoms with Gasteiger partial charge in [-0.05, 0) is 25.7 Å². The third-order valence-electron chi connectivity index (χ3n) is 3.90. The molecule has 4 heteroatoms. The minimum atomic E-state index is 0.0240. The Bertz CT molecular complexity index is 245. The molecule has 0 aromatic carbocycles. The summed E-state index contributed by atoms with van der Waals surface area (Å²) in [5, 5.41) is 9.12. The van der Waals surface area contributed by atoms with Crippen molar-refractivity contribution >= 4 is 5.91 Å². The molecule has 1 aliphatic heterocycles. The number of aliphatic hydroxyl groups excluding tert-OH is 1. The normalized spacial score (nSPS) is 26.1. The second kappa shape index (κ2) is 6.36. The van der Waals surface area contributed by atoms with E-state index in [1.165, 1.54) is 12.8 Å². The largest absolute Gasteiger partial charge is 0.395 e. The summed E-state index contributed by atoms with van der Waals surface area (Å²) in [6, 6.07) is 0.358. The zero-order valence-corrected chi connectivity index (χ0v) is 10.4. The van der Waals surface area contributed by atoms with Crippen LogP contribution >= 0.6 is 0 Å². The topological polar surface area (TPSA) is 49.8 Å². The molecule has 1 saturated heterocycles. The maximum Gasteiger partial charge on any atom is 0.228 e. The fraction of sp³-hybridized carbons (Fsp3) is 0.923. The molecule has 0 spiro atoms. The van der Waals surface area contributed by atoms with E-state index < -0.39 is 0 Å². The monoisotopic (exact) mass is 241 g/mol. The molecule has 1 amide bonds. The SMILES string of the molecule is O=C(C1CCCOC1)N(CCO)C1CCCC1.